The van der Waals surface area contributed by atoms with Crippen molar-refractivity contribution < 1.29 is 19.8 Å². The largest absolute Gasteiger partial charge is 0.480 e. The first-order valence-corrected chi connectivity index (χ1v) is 6.44. The molecule has 0 aliphatic carbocycles. The van der Waals surface area contributed by atoms with Gasteiger partial charge in [0.25, 0.3) is 0 Å². The van der Waals surface area contributed by atoms with Crippen LogP contribution >= 0.6 is 0 Å². The van der Waals surface area contributed by atoms with Crippen LogP contribution in [0.5, 0.6) is 0 Å². The van der Waals surface area contributed by atoms with E-state index >= 15 is 0 Å². The first kappa shape index (κ1) is 14.3. The molecule has 1 aromatic carbocycles. The number of aryl methyl sites for hydroxylation is 2. The number of hydrogen-bond acceptors (Lipinski definition) is 3. The molecule has 6 nitrogen and oxygen atoms in total. The minimum atomic E-state index is -1.10. The fourth-order valence-corrected chi connectivity index (χ4v) is 2.33. The van der Waals surface area contributed by atoms with Crippen molar-refractivity contribution in [1.29, 1.82) is 0 Å². The summed E-state index contributed by atoms with van der Waals surface area (Å²) < 4.78 is 0. The molecule has 1 aliphatic rings. The third-order valence-corrected chi connectivity index (χ3v) is 3.46. The molecular formula is C14H18N2O4. The second-order valence-corrected chi connectivity index (χ2v) is 5.14. The number of carboxylic acid groups (broad SMARTS) is 1. The van der Waals surface area contributed by atoms with Crippen LogP contribution in [0.3, 0.4) is 0 Å². The molecule has 20 heavy (non-hydrogen) atoms. The number of hydrogen-bond donors (Lipinski definition) is 3. The molecule has 2 rings (SSSR count). The Morgan fingerprint density at radius 1 is 1.35 bits per heavy atom. The van der Waals surface area contributed by atoms with Crippen LogP contribution in [0.15, 0.2) is 18.2 Å². The molecule has 1 heterocycles. The molecule has 2 unspecified atom stereocenters. The molecule has 0 bridgehead atoms. The van der Waals surface area contributed by atoms with Crippen LogP contribution in [-0.4, -0.2) is 45.8 Å². The number of nitrogens with one attached hydrogen (secondary N) is 1. The number of β-amino-alcohol motifs (C(OH)–C–C–N with tert-alkyl or cyclic N) is 1. The standard InChI is InChI=1S/C14H18N2O4/c1-8-3-4-9(2)11(5-8)15-14(20)16-7-10(17)6-12(16)13(18)19/h3-5,10,12,17H,6-7H2,1-2H3,(H,15,20)(H,18,19). The van der Waals surface area contributed by atoms with E-state index in [1.165, 1.54) is 0 Å². The SMILES string of the molecule is Cc1ccc(C)c(NC(=O)N2CC(O)CC2C(=O)O)c1. The number of nitrogens with zero attached hydrogens (tertiary/aromatic N) is 1. The average Bonchev–Trinajstić information content (AvgIpc) is 2.76. The van der Waals surface area contributed by atoms with Gasteiger partial charge in [0.1, 0.15) is 6.04 Å². The Balaban J connectivity index is 2.15. The summed E-state index contributed by atoms with van der Waals surface area (Å²) in [4.78, 5) is 24.4. The number of rotatable bonds is 2. The lowest BCUT2D eigenvalue weighted by Gasteiger charge is -2.22. The fourth-order valence-electron chi connectivity index (χ4n) is 2.33. The third-order valence-electron chi connectivity index (χ3n) is 3.46. The number of aliphatic hydroxyl groups excluding tert-OH is 1. The maximum absolute atomic E-state index is 12.2. The Kier molecular flexibility index (Phi) is 3.94. The normalized spacial score (nSPS) is 21.9. The van der Waals surface area contributed by atoms with Crippen LogP contribution in [0.4, 0.5) is 10.5 Å². The van der Waals surface area contributed by atoms with Gasteiger partial charge in [-0.3, -0.25) is 0 Å². The summed E-state index contributed by atoms with van der Waals surface area (Å²) in [5, 5.41) is 21.3. The van der Waals surface area contributed by atoms with Gasteiger partial charge in [-0.05, 0) is 31.0 Å². The highest BCUT2D eigenvalue weighted by Crippen LogP contribution is 2.21. The van der Waals surface area contributed by atoms with E-state index in [1.807, 2.05) is 32.0 Å². The third kappa shape index (κ3) is 2.91. The maximum atomic E-state index is 12.2. The first-order valence-electron chi connectivity index (χ1n) is 6.44. The average molecular weight is 278 g/mol. The number of amides is 2. The second-order valence-electron chi connectivity index (χ2n) is 5.14. The van der Waals surface area contributed by atoms with Crippen LogP contribution in [0.25, 0.3) is 0 Å². The van der Waals surface area contributed by atoms with Crippen LogP contribution in [0, 0.1) is 13.8 Å². The highest BCUT2D eigenvalue weighted by molar-refractivity contribution is 5.93. The Labute approximate surface area is 117 Å². The van der Waals surface area contributed by atoms with Crippen molar-refractivity contribution in [3.8, 4) is 0 Å². The van der Waals surface area contributed by atoms with Gasteiger partial charge in [0.2, 0.25) is 0 Å². The van der Waals surface area contributed by atoms with Gasteiger partial charge in [-0.15, -0.1) is 0 Å². The minimum absolute atomic E-state index is 0.0354. The van der Waals surface area contributed by atoms with E-state index in [9.17, 15) is 14.7 Å². The molecular weight excluding hydrogens is 260 g/mol. The van der Waals surface area contributed by atoms with Crippen molar-refractivity contribution in [2.24, 2.45) is 0 Å². The quantitative estimate of drug-likeness (QED) is 0.762. The van der Waals surface area contributed by atoms with E-state index in [0.717, 1.165) is 16.0 Å². The molecule has 6 heteroatoms. The summed E-state index contributed by atoms with van der Waals surface area (Å²) in [6.07, 6.45) is -0.726. The molecule has 2 amide bonds. The van der Waals surface area contributed by atoms with Gasteiger partial charge >= 0.3 is 12.0 Å². The summed E-state index contributed by atoms with van der Waals surface area (Å²) in [5.74, 6) is -1.10. The fraction of sp³-hybridized carbons (Fsp3) is 0.429. The van der Waals surface area contributed by atoms with E-state index in [0.29, 0.717) is 5.69 Å². The van der Waals surface area contributed by atoms with Gasteiger partial charge in [-0.1, -0.05) is 12.1 Å². The van der Waals surface area contributed by atoms with Crippen LogP contribution in [0.2, 0.25) is 0 Å². The van der Waals surface area contributed by atoms with E-state index in [2.05, 4.69) is 5.32 Å². The molecule has 0 spiro atoms. The molecule has 1 saturated heterocycles. The zero-order chi connectivity index (χ0) is 14.9. The van der Waals surface area contributed by atoms with Crippen LogP contribution in [-0.2, 0) is 4.79 Å². The molecule has 1 aliphatic heterocycles. The Bertz CT molecular complexity index is 544. The summed E-state index contributed by atoms with van der Waals surface area (Å²) in [6.45, 7) is 3.81. The zero-order valence-electron chi connectivity index (χ0n) is 11.5. The first-order chi connectivity index (χ1) is 9.38. The number of urea groups is 1. The van der Waals surface area contributed by atoms with Crippen molar-refractivity contribution in [2.45, 2.75) is 32.4 Å². The van der Waals surface area contributed by atoms with Gasteiger partial charge in [-0.25, -0.2) is 9.59 Å². The van der Waals surface area contributed by atoms with Crippen molar-refractivity contribution >= 4 is 17.7 Å². The topological polar surface area (TPSA) is 89.9 Å². The van der Waals surface area contributed by atoms with Gasteiger partial charge in [0.05, 0.1) is 6.10 Å². The lowest BCUT2D eigenvalue weighted by atomic mass is 10.1. The summed E-state index contributed by atoms with van der Waals surface area (Å²) in [6, 6.07) is 4.18. The van der Waals surface area contributed by atoms with Crippen LogP contribution in [0.1, 0.15) is 17.5 Å². The number of benzene rings is 1. The van der Waals surface area contributed by atoms with Crippen molar-refractivity contribution in [3.63, 3.8) is 0 Å². The van der Waals surface area contributed by atoms with Crippen molar-refractivity contribution in [1.82, 2.24) is 4.90 Å². The predicted octanol–water partition coefficient (Wildman–Crippen LogP) is 1.36. The molecule has 0 saturated carbocycles. The Hall–Kier alpha value is -2.08. The predicted molar refractivity (Wildman–Crippen MR) is 73.7 cm³/mol. The highest BCUT2D eigenvalue weighted by atomic mass is 16.4. The molecule has 1 fully saturated rings. The lowest BCUT2D eigenvalue weighted by molar-refractivity contribution is -0.141. The molecule has 108 valence electrons. The zero-order valence-corrected chi connectivity index (χ0v) is 11.5. The Morgan fingerprint density at radius 2 is 2.05 bits per heavy atom. The Morgan fingerprint density at radius 3 is 2.70 bits per heavy atom. The molecule has 1 aromatic rings. The molecule has 0 radical (unpaired) electrons. The van der Waals surface area contributed by atoms with Crippen LogP contribution < -0.4 is 5.32 Å². The molecule has 2 atom stereocenters. The van der Waals surface area contributed by atoms with E-state index in [1.54, 1.807) is 0 Å². The molecule has 3 N–H and O–H groups in total. The molecule has 0 aromatic heterocycles. The smallest absolute Gasteiger partial charge is 0.326 e. The maximum Gasteiger partial charge on any atom is 0.326 e. The van der Waals surface area contributed by atoms with Gasteiger partial charge in [0.15, 0.2) is 0 Å². The minimum Gasteiger partial charge on any atom is -0.480 e. The lowest BCUT2D eigenvalue weighted by Crippen LogP contribution is -2.43. The number of aliphatic carboxylic acids is 1. The second kappa shape index (κ2) is 5.50. The van der Waals surface area contributed by atoms with Crippen molar-refractivity contribution in [3.05, 3.63) is 29.3 Å². The highest BCUT2D eigenvalue weighted by Gasteiger charge is 2.39. The van der Waals surface area contributed by atoms with Gasteiger partial charge in [-0.2, -0.15) is 0 Å². The summed E-state index contributed by atoms with van der Waals surface area (Å²) >= 11 is 0. The number of likely N-dealkylation sites (tertiary alicyclic amines) is 1. The van der Waals surface area contributed by atoms with Gasteiger partial charge in [0, 0.05) is 18.7 Å². The summed E-state index contributed by atoms with van der Waals surface area (Å²) in [5.41, 5.74) is 2.55. The monoisotopic (exact) mass is 278 g/mol. The van der Waals surface area contributed by atoms with Gasteiger partial charge < -0.3 is 20.4 Å². The number of carboxylic acids is 1. The number of carbonyl (C=O) groups excluding carboxylic acids is 1. The van der Waals surface area contributed by atoms with E-state index < -0.39 is 24.1 Å². The number of aliphatic hydroxyl groups is 1. The summed E-state index contributed by atoms with van der Waals surface area (Å²) in [7, 11) is 0. The van der Waals surface area contributed by atoms with Crippen molar-refractivity contribution in [2.75, 3.05) is 11.9 Å². The van der Waals surface area contributed by atoms with E-state index in [4.69, 9.17) is 5.11 Å². The number of carbonyl (C=O) groups is 2. The van der Waals surface area contributed by atoms with E-state index in [-0.39, 0.29) is 13.0 Å². The number of anilines is 1.